The first-order valence-electron chi connectivity index (χ1n) is 6.62. The van der Waals surface area contributed by atoms with E-state index in [0.29, 0.717) is 18.7 Å². The van der Waals surface area contributed by atoms with Crippen LogP contribution in [0.15, 0.2) is 42.5 Å². The Kier molecular flexibility index (Phi) is 3.16. The lowest BCUT2D eigenvalue weighted by atomic mass is 10.1. The summed E-state index contributed by atoms with van der Waals surface area (Å²) in [7, 11) is 0. The Morgan fingerprint density at radius 3 is 2.35 bits per heavy atom. The first kappa shape index (κ1) is 12.7. The van der Waals surface area contributed by atoms with E-state index in [-0.39, 0.29) is 5.91 Å². The molecule has 2 aromatic rings. The molecule has 2 aromatic carbocycles. The van der Waals surface area contributed by atoms with Gasteiger partial charge in [0.2, 0.25) is 0 Å². The molecule has 0 aliphatic carbocycles. The minimum atomic E-state index is 0.0628. The highest BCUT2D eigenvalue weighted by atomic mass is 16.2. The normalized spacial score (nSPS) is 13.2. The highest BCUT2D eigenvalue weighted by Gasteiger charge is 2.23. The van der Waals surface area contributed by atoms with Gasteiger partial charge in [0.15, 0.2) is 0 Å². The molecule has 0 unspecified atom stereocenters. The van der Waals surface area contributed by atoms with Crippen LogP contribution in [0.1, 0.15) is 27.0 Å². The molecular weight excluding hydrogens is 250 g/mol. The molecule has 4 nitrogen and oxygen atoms in total. The van der Waals surface area contributed by atoms with Crippen LogP contribution >= 0.6 is 0 Å². The van der Waals surface area contributed by atoms with Gasteiger partial charge in [-0.2, -0.15) is 0 Å². The van der Waals surface area contributed by atoms with Crippen LogP contribution in [0.3, 0.4) is 0 Å². The van der Waals surface area contributed by atoms with E-state index < -0.39 is 0 Å². The fraction of sp³-hybridized carbons (Fsp3) is 0.188. The van der Waals surface area contributed by atoms with Crippen molar-refractivity contribution >= 4 is 11.6 Å². The van der Waals surface area contributed by atoms with Gasteiger partial charge in [-0.15, -0.1) is 0 Å². The predicted molar refractivity (Wildman–Crippen MR) is 79.0 cm³/mol. The Labute approximate surface area is 118 Å². The highest BCUT2D eigenvalue weighted by molar-refractivity contribution is 5.95. The van der Waals surface area contributed by atoms with Crippen LogP contribution < -0.4 is 11.3 Å². The molecule has 3 N–H and O–H groups in total. The van der Waals surface area contributed by atoms with Crippen LogP contribution in [0, 0.1) is 6.92 Å². The summed E-state index contributed by atoms with van der Waals surface area (Å²) in [5.74, 6) is 5.47. The number of carbonyl (C=O) groups excluding carboxylic acids is 1. The molecule has 102 valence electrons. The van der Waals surface area contributed by atoms with Gasteiger partial charge in [-0.3, -0.25) is 10.6 Å². The maximum Gasteiger partial charge on any atom is 0.254 e. The summed E-state index contributed by atoms with van der Waals surface area (Å²) in [6.07, 6.45) is 0. The number of carbonyl (C=O) groups is 1. The van der Waals surface area contributed by atoms with Crippen molar-refractivity contribution in [3.05, 3.63) is 64.7 Å². The van der Waals surface area contributed by atoms with E-state index in [1.54, 1.807) is 0 Å². The Hall–Kier alpha value is -2.33. The lowest BCUT2D eigenvalue weighted by molar-refractivity contribution is 0.0751. The maximum atomic E-state index is 12.5. The Bertz CT molecular complexity index is 642. The molecule has 1 heterocycles. The van der Waals surface area contributed by atoms with Gasteiger partial charge < -0.3 is 10.3 Å². The van der Waals surface area contributed by atoms with Gasteiger partial charge in [-0.05, 0) is 41.8 Å². The molecule has 0 spiro atoms. The van der Waals surface area contributed by atoms with Crippen molar-refractivity contribution in [2.45, 2.75) is 20.0 Å². The monoisotopic (exact) mass is 267 g/mol. The number of anilines is 1. The largest absolute Gasteiger partial charge is 0.330 e. The van der Waals surface area contributed by atoms with E-state index in [0.717, 1.165) is 11.3 Å². The zero-order chi connectivity index (χ0) is 14.1. The second-order valence-electron chi connectivity index (χ2n) is 5.10. The summed E-state index contributed by atoms with van der Waals surface area (Å²) in [5, 5.41) is 0. The van der Waals surface area contributed by atoms with Crippen LogP contribution in [0.2, 0.25) is 0 Å². The summed E-state index contributed by atoms with van der Waals surface area (Å²) in [6.45, 7) is 3.31. The molecule has 0 saturated carbocycles. The SMILES string of the molecule is Cc1cc(C(=O)N2Cc3ccccc3C2)ccc1NN. The van der Waals surface area contributed by atoms with E-state index in [4.69, 9.17) is 5.84 Å². The third-order valence-corrected chi connectivity index (χ3v) is 3.76. The molecule has 0 fully saturated rings. The number of amides is 1. The summed E-state index contributed by atoms with van der Waals surface area (Å²) in [5.41, 5.74) is 7.60. The van der Waals surface area contributed by atoms with Crippen LogP contribution in [-0.2, 0) is 13.1 Å². The lowest BCUT2D eigenvalue weighted by Crippen LogP contribution is -2.25. The summed E-state index contributed by atoms with van der Waals surface area (Å²) in [4.78, 5) is 14.4. The average molecular weight is 267 g/mol. The quantitative estimate of drug-likeness (QED) is 0.649. The molecule has 0 atom stereocenters. The summed E-state index contributed by atoms with van der Waals surface area (Å²) >= 11 is 0. The molecule has 1 aliphatic rings. The first-order valence-corrected chi connectivity index (χ1v) is 6.62. The topological polar surface area (TPSA) is 58.4 Å². The van der Waals surface area contributed by atoms with Crippen molar-refractivity contribution in [3.63, 3.8) is 0 Å². The first-order chi connectivity index (χ1) is 9.69. The standard InChI is InChI=1S/C16H17N3O/c1-11-8-12(6-7-15(11)18-17)16(20)19-9-13-4-2-3-5-14(13)10-19/h2-8,18H,9-10,17H2,1H3. The van der Waals surface area contributed by atoms with Crippen LogP contribution in [0.25, 0.3) is 0 Å². The van der Waals surface area contributed by atoms with Crippen LogP contribution in [-0.4, -0.2) is 10.8 Å². The predicted octanol–water partition coefficient (Wildman–Crippen LogP) is 2.44. The van der Waals surface area contributed by atoms with E-state index in [1.165, 1.54) is 11.1 Å². The second-order valence-corrected chi connectivity index (χ2v) is 5.10. The summed E-state index contributed by atoms with van der Waals surface area (Å²) < 4.78 is 0. The minimum absolute atomic E-state index is 0.0628. The number of hydrogen-bond acceptors (Lipinski definition) is 3. The zero-order valence-electron chi connectivity index (χ0n) is 11.4. The molecule has 0 bridgehead atoms. The van der Waals surface area contributed by atoms with Crippen LogP contribution in [0.4, 0.5) is 5.69 Å². The van der Waals surface area contributed by atoms with Gasteiger partial charge in [0, 0.05) is 18.7 Å². The number of rotatable bonds is 2. The average Bonchev–Trinajstić information content (AvgIpc) is 2.90. The van der Waals surface area contributed by atoms with E-state index in [2.05, 4.69) is 17.6 Å². The molecule has 3 rings (SSSR count). The number of nitrogen functional groups attached to an aromatic ring is 1. The summed E-state index contributed by atoms with van der Waals surface area (Å²) in [6, 6.07) is 13.7. The molecule has 0 aromatic heterocycles. The van der Waals surface area contributed by atoms with Crippen molar-refractivity contribution in [2.24, 2.45) is 5.84 Å². The highest BCUT2D eigenvalue weighted by Crippen LogP contribution is 2.25. The van der Waals surface area contributed by atoms with Gasteiger partial charge in [0.05, 0.1) is 5.69 Å². The van der Waals surface area contributed by atoms with Gasteiger partial charge in [0.1, 0.15) is 0 Å². The maximum absolute atomic E-state index is 12.5. The number of nitrogens with two attached hydrogens (primary N) is 1. The van der Waals surface area contributed by atoms with E-state index in [1.807, 2.05) is 42.2 Å². The molecule has 0 radical (unpaired) electrons. The minimum Gasteiger partial charge on any atom is -0.330 e. The van der Waals surface area contributed by atoms with Gasteiger partial charge in [-0.1, -0.05) is 24.3 Å². The number of hydrogen-bond donors (Lipinski definition) is 2. The second kappa shape index (κ2) is 4.98. The number of benzene rings is 2. The molecule has 0 saturated heterocycles. The third-order valence-electron chi connectivity index (χ3n) is 3.76. The number of nitrogens with zero attached hydrogens (tertiary/aromatic N) is 1. The van der Waals surface area contributed by atoms with Crippen molar-refractivity contribution in [3.8, 4) is 0 Å². The van der Waals surface area contributed by atoms with Crippen molar-refractivity contribution < 1.29 is 4.79 Å². The van der Waals surface area contributed by atoms with Gasteiger partial charge >= 0.3 is 0 Å². The Balaban J connectivity index is 1.83. The fourth-order valence-corrected chi connectivity index (χ4v) is 2.62. The smallest absolute Gasteiger partial charge is 0.254 e. The Morgan fingerprint density at radius 2 is 1.80 bits per heavy atom. The fourth-order valence-electron chi connectivity index (χ4n) is 2.62. The molecule has 1 aliphatic heterocycles. The van der Waals surface area contributed by atoms with Crippen molar-refractivity contribution in [1.29, 1.82) is 0 Å². The van der Waals surface area contributed by atoms with Crippen molar-refractivity contribution in [1.82, 2.24) is 4.90 Å². The van der Waals surface area contributed by atoms with Gasteiger partial charge in [-0.25, -0.2) is 0 Å². The van der Waals surface area contributed by atoms with Gasteiger partial charge in [0.25, 0.3) is 5.91 Å². The van der Waals surface area contributed by atoms with E-state index >= 15 is 0 Å². The molecule has 1 amide bonds. The molecular formula is C16H17N3O. The van der Waals surface area contributed by atoms with Crippen molar-refractivity contribution in [2.75, 3.05) is 5.43 Å². The number of aryl methyl sites for hydroxylation is 1. The molecule has 4 heteroatoms. The number of hydrazine groups is 1. The molecule has 20 heavy (non-hydrogen) atoms. The van der Waals surface area contributed by atoms with E-state index in [9.17, 15) is 4.79 Å². The number of fused-ring (bicyclic) bond motifs is 1. The lowest BCUT2D eigenvalue weighted by Gasteiger charge is -2.16. The zero-order valence-corrected chi connectivity index (χ0v) is 11.4. The third kappa shape index (κ3) is 2.14. The Morgan fingerprint density at radius 1 is 1.15 bits per heavy atom. The van der Waals surface area contributed by atoms with Crippen LogP contribution in [0.5, 0.6) is 0 Å². The number of nitrogens with one attached hydrogen (secondary N) is 1.